The number of hydrogen-bond donors (Lipinski definition) is 4. The van der Waals surface area contributed by atoms with Gasteiger partial charge >= 0.3 is 0 Å². The molecule has 0 saturated heterocycles. The summed E-state index contributed by atoms with van der Waals surface area (Å²) in [5.74, 6) is 0.718. The Kier molecular flexibility index (Phi) is 6.42. The molecule has 6 nitrogen and oxygen atoms in total. The van der Waals surface area contributed by atoms with Crippen LogP contribution in [0.2, 0.25) is 0 Å². The standard InChI is InChI=1S/C12H22N4O2/c1-16(4-6-18)9-11-7-10(13)8-12(15-11)14-3-2-5-17/h7-8,17-18H,2-6,9H2,1H3,(H3,13,14,15). The molecular weight excluding hydrogens is 232 g/mol. The Hall–Kier alpha value is -1.37. The number of rotatable bonds is 8. The maximum atomic E-state index is 8.84. The quantitative estimate of drug-likeness (QED) is 0.483. The number of hydrogen-bond acceptors (Lipinski definition) is 6. The highest BCUT2D eigenvalue weighted by atomic mass is 16.3. The molecule has 0 fully saturated rings. The number of aromatic nitrogens is 1. The number of aliphatic hydroxyl groups excluding tert-OH is 2. The van der Waals surface area contributed by atoms with E-state index in [1.165, 1.54) is 0 Å². The highest BCUT2D eigenvalue weighted by Crippen LogP contribution is 2.13. The summed E-state index contributed by atoms with van der Waals surface area (Å²) < 4.78 is 0. The van der Waals surface area contributed by atoms with Crippen molar-refractivity contribution < 1.29 is 10.2 Å². The van der Waals surface area contributed by atoms with Crippen LogP contribution in [0.15, 0.2) is 12.1 Å². The molecule has 0 spiro atoms. The largest absolute Gasteiger partial charge is 0.399 e. The molecule has 0 bridgehead atoms. The van der Waals surface area contributed by atoms with Crippen LogP contribution in [0.3, 0.4) is 0 Å². The summed E-state index contributed by atoms with van der Waals surface area (Å²) in [5.41, 5.74) is 7.33. The molecule has 0 unspecified atom stereocenters. The number of nitrogens with one attached hydrogen (secondary N) is 1. The first-order chi connectivity index (χ1) is 8.65. The fourth-order valence-corrected chi connectivity index (χ4v) is 1.60. The van der Waals surface area contributed by atoms with Gasteiger partial charge in [-0.15, -0.1) is 0 Å². The van der Waals surface area contributed by atoms with Crippen LogP contribution in [0.1, 0.15) is 12.1 Å². The van der Waals surface area contributed by atoms with Gasteiger partial charge in [0.25, 0.3) is 0 Å². The van der Waals surface area contributed by atoms with Gasteiger partial charge < -0.3 is 21.3 Å². The lowest BCUT2D eigenvalue weighted by Gasteiger charge is -2.15. The fraction of sp³-hybridized carbons (Fsp3) is 0.583. The van der Waals surface area contributed by atoms with E-state index < -0.39 is 0 Å². The van der Waals surface area contributed by atoms with Gasteiger partial charge in [0.1, 0.15) is 5.82 Å². The van der Waals surface area contributed by atoms with E-state index in [9.17, 15) is 0 Å². The molecule has 0 aliphatic heterocycles. The second kappa shape index (κ2) is 7.86. The predicted octanol–water partition coefficient (Wildman–Crippen LogP) is -0.118. The average Bonchev–Trinajstić information content (AvgIpc) is 2.28. The summed E-state index contributed by atoms with van der Waals surface area (Å²) in [7, 11) is 1.92. The molecule has 5 N–H and O–H groups in total. The van der Waals surface area contributed by atoms with E-state index in [0.717, 1.165) is 11.5 Å². The van der Waals surface area contributed by atoms with Gasteiger partial charge in [0.05, 0.1) is 12.3 Å². The molecule has 0 aliphatic carbocycles. The zero-order valence-corrected chi connectivity index (χ0v) is 10.8. The molecule has 0 atom stereocenters. The molecule has 1 rings (SSSR count). The molecule has 18 heavy (non-hydrogen) atoms. The summed E-state index contributed by atoms with van der Waals surface area (Å²) in [6, 6.07) is 3.60. The van der Waals surface area contributed by atoms with E-state index in [2.05, 4.69) is 10.3 Å². The molecule has 6 heteroatoms. The smallest absolute Gasteiger partial charge is 0.128 e. The van der Waals surface area contributed by atoms with Crippen molar-refractivity contribution in [1.29, 1.82) is 0 Å². The summed E-state index contributed by atoms with van der Waals surface area (Å²) in [6.07, 6.45) is 0.677. The minimum atomic E-state index is 0.125. The molecule has 1 aromatic rings. The van der Waals surface area contributed by atoms with Crippen LogP contribution >= 0.6 is 0 Å². The van der Waals surface area contributed by atoms with Crippen LogP contribution in [-0.2, 0) is 6.54 Å². The van der Waals surface area contributed by atoms with E-state index in [1.807, 2.05) is 18.0 Å². The van der Waals surface area contributed by atoms with Crippen molar-refractivity contribution in [3.05, 3.63) is 17.8 Å². The summed E-state index contributed by atoms with van der Waals surface area (Å²) in [4.78, 5) is 6.40. The molecular formula is C12H22N4O2. The second-order valence-corrected chi connectivity index (χ2v) is 4.24. The zero-order valence-electron chi connectivity index (χ0n) is 10.8. The van der Waals surface area contributed by atoms with Crippen molar-refractivity contribution in [2.75, 3.05) is 44.4 Å². The second-order valence-electron chi connectivity index (χ2n) is 4.24. The lowest BCUT2D eigenvalue weighted by Crippen LogP contribution is -2.22. The van der Waals surface area contributed by atoms with Gasteiger partial charge in [-0.3, -0.25) is 4.90 Å². The third kappa shape index (κ3) is 5.31. The fourth-order valence-electron chi connectivity index (χ4n) is 1.60. The van der Waals surface area contributed by atoms with E-state index in [0.29, 0.717) is 31.7 Å². The third-order valence-electron chi connectivity index (χ3n) is 2.46. The van der Waals surface area contributed by atoms with E-state index in [4.69, 9.17) is 15.9 Å². The van der Waals surface area contributed by atoms with Gasteiger partial charge in [0.2, 0.25) is 0 Å². The third-order valence-corrected chi connectivity index (χ3v) is 2.46. The van der Waals surface area contributed by atoms with Gasteiger partial charge in [-0.2, -0.15) is 0 Å². The lowest BCUT2D eigenvalue weighted by molar-refractivity contribution is 0.216. The number of likely N-dealkylation sites (N-methyl/N-ethyl adjacent to an activating group) is 1. The molecule has 0 amide bonds. The van der Waals surface area contributed by atoms with Crippen LogP contribution in [0.25, 0.3) is 0 Å². The predicted molar refractivity (Wildman–Crippen MR) is 72.3 cm³/mol. The molecule has 1 heterocycles. The molecule has 102 valence electrons. The number of nitrogen functional groups attached to an aromatic ring is 1. The Morgan fingerprint density at radius 1 is 1.33 bits per heavy atom. The van der Waals surface area contributed by atoms with Gasteiger partial charge in [0, 0.05) is 38.0 Å². The van der Waals surface area contributed by atoms with Crippen LogP contribution < -0.4 is 11.1 Å². The molecule has 0 saturated carbocycles. The SMILES string of the molecule is CN(CCO)Cc1cc(N)cc(NCCCO)n1. The van der Waals surface area contributed by atoms with Gasteiger partial charge in [-0.25, -0.2) is 4.98 Å². The Labute approximate surface area is 107 Å². The number of anilines is 2. The van der Waals surface area contributed by atoms with E-state index >= 15 is 0 Å². The van der Waals surface area contributed by atoms with Crippen LogP contribution in [0, 0.1) is 0 Å². The minimum Gasteiger partial charge on any atom is -0.399 e. The normalized spacial score (nSPS) is 10.9. The number of pyridine rings is 1. The minimum absolute atomic E-state index is 0.125. The van der Waals surface area contributed by atoms with Crippen molar-refractivity contribution >= 4 is 11.5 Å². The molecule has 1 aromatic heterocycles. The Balaban J connectivity index is 2.62. The Morgan fingerprint density at radius 2 is 2.11 bits per heavy atom. The molecule has 0 radical (unpaired) electrons. The summed E-state index contributed by atoms with van der Waals surface area (Å²) in [5, 5.41) is 20.7. The van der Waals surface area contributed by atoms with Crippen molar-refractivity contribution in [3.63, 3.8) is 0 Å². The Bertz CT molecular complexity index is 360. The van der Waals surface area contributed by atoms with Crippen molar-refractivity contribution in [1.82, 2.24) is 9.88 Å². The van der Waals surface area contributed by atoms with E-state index in [-0.39, 0.29) is 13.2 Å². The highest BCUT2D eigenvalue weighted by Gasteiger charge is 2.04. The summed E-state index contributed by atoms with van der Waals surface area (Å²) >= 11 is 0. The van der Waals surface area contributed by atoms with Crippen LogP contribution in [0.4, 0.5) is 11.5 Å². The highest BCUT2D eigenvalue weighted by molar-refractivity contribution is 5.50. The average molecular weight is 254 g/mol. The zero-order chi connectivity index (χ0) is 13.4. The van der Waals surface area contributed by atoms with Gasteiger partial charge in [-0.1, -0.05) is 0 Å². The maximum Gasteiger partial charge on any atom is 0.128 e. The summed E-state index contributed by atoms with van der Waals surface area (Å²) in [6.45, 7) is 2.19. The maximum absolute atomic E-state index is 8.84. The van der Waals surface area contributed by atoms with Gasteiger partial charge in [0.15, 0.2) is 0 Å². The first kappa shape index (κ1) is 14.7. The lowest BCUT2D eigenvalue weighted by atomic mass is 10.3. The first-order valence-corrected chi connectivity index (χ1v) is 6.06. The first-order valence-electron chi connectivity index (χ1n) is 6.06. The monoisotopic (exact) mass is 254 g/mol. The number of nitrogens with two attached hydrogens (primary N) is 1. The van der Waals surface area contributed by atoms with Crippen LogP contribution in [-0.4, -0.2) is 53.4 Å². The van der Waals surface area contributed by atoms with Crippen molar-refractivity contribution in [3.8, 4) is 0 Å². The van der Waals surface area contributed by atoms with E-state index in [1.54, 1.807) is 6.07 Å². The Morgan fingerprint density at radius 3 is 2.78 bits per heavy atom. The van der Waals surface area contributed by atoms with Crippen molar-refractivity contribution in [2.45, 2.75) is 13.0 Å². The molecule has 0 aliphatic rings. The van der Waals surface area contributed by atoms with Gasteiger partial charge in [-0.05, 0) is 19.5 Å². The number of nitrogens with zero attached hydrogens (tertiary/aromatic N) is 2. The molecule has 0 aromatic carbocycles. The van der Waals surface area contributed by atoms with Crippen molar-refractivity contribution in [2.24, 2.45) is 0 Å². The number of aliphatic hydroxyl groups is 2. The van der Waals surface area contributed by atoms with Crippen LogP contribution in [0.5, 0.6) is 0 Å². The topological polar surface area (TPSA) is 94.6 Å².